The van der Waals surface area contributed by atoms with Crippen LogP contribution >= 0.6 is 0 Å². The second-order valence-corrected chi connectivity index (χ2v) is 7.87. The van der Waals surface area contributed by atoms with Crippen LogP contribution in [0.15, 0.2) is 18.1 Å². The van der Waals surface area contributed by atoms with Gasteiger partial charge in [-0.1, -0.05) is 37.3 Å². The van der Waals surface area contributed by atoms with E-state index in [1.54, 1.807) is 0 Å². The number of nitrogens with zero attached hydrogens (tertiary/aromatic N) is 3. The van der Waals surface area contributed by atoms with Gasteiger partial charge in [-0.05, 0) is 12.3 Å². The highest BCUT2D eigenvalue weighted by Crippen LogP contribution is 2.28. The highest BCUT2D eigenvalue weighted by molar-refractivity contribution is 5.93. The molecular formula is C18H33N7O3. The van der Waals surface area contributed by atoms with Gasteiger partial charge >= 0.3 is 0 Å². The molecule has 2 fully saturated rings. The molecule has 1 saturated heterocycles. The number of aromatic nitrogens is 3. The van der Waals surface area contributed by atoms with E-state index in [-0.39, 0.29) is 27.5 Å². The van der Waals surface area contributed by atoms with Gasteiger partial charge in [0.25, 0.3) is 5.91 Å². The number of amides is 1. The number of rotatable bonds is 7. The molecular weight excluding hydrogens is 362 g/mol. The zero-order valence-corrected chi connectivity index (χ0v) is 15.9. The van der Waals surface area contributed by atoms with Gasteiger partial charge in [0, 0.05) is 21.7 Å². The molecule has 158 valence electrons. The Morgan fingerprint density at radius 3 is 3.04 bits per heavy atom. The van der Waals surface area contributed by atoms with E-state index in [1.165, 1.54) is 38.3 Å². The van der Waals surface area contributed by atoms with Gasteiger partial charge in [0.15, 0.2) is 0 Å². The number of aliphatic hydroxyl groups excluding tert-OH is 1. The number of ether oxygens (including phenoxy) is 1. The lowest BCUT2D eigenvalue weighted by Crippen LogP contribution is -2.48. The topological polar surface area (TPSA) is 125 Å². The maximum atomic E-state index is 12.2. The Kier molecular flexibility index (Phi) is 6.08. The summed E-state index contributed by atoms with van der Waals surface area (Å²) in [6.45, 7) is 0.300. The van der Waals surface area contributed by atoms with Crippen LogP contribution in [-0.4, -0.2) is 51.4 Å². The lowest BCUT2D eigenvalue weighted by atomic mass is 9.86. The van der Waals surface area contributed by atoms with Gasteiger partial charge in [-0.15, -0.1) is 5.10 Å². The predicted molar refractivity (Wildman–Crippen MR) is 104 cm³/mol. The van der Waals surface area contributed by atoms with E-state index >= 15 is 0 Å². The molecule has 0 bridgehead atoms. The molecule has 0 spiro atoms. The molecule has 0 radical (unpaired) electrons. The van der Waals surface area contributed by atoms with Crippen molar-refractivity contribution in [2.24, 2.45) is 5.92 Å². The summed E-state index contributed by atoms with van der Waals surface area (Å²) in [5.41, 5.74) is 9.38. The summed E-state index contributed by atoms with van der Waals surface area (Å²) >= 11 is 0. The van der Waals surface area contributed by atoms with Crippen LogP contribution in [0, 0.1) is 5.92 Å². The molecule has 1 aromatic rings. The van der Waals surface area contributed by atoms with Gasteiger partial charge in [0.1, 0.15) is 5.70 Å². The van der Waals surface area contributed by atoms with E-state index in [2.05, 4.69) is 32.0 Å². The van der Waals surface area contributed by atoms with Crippen LogP contribution in [0.5, 0.6) is 0 Å². The normalized spacial score (nSPS) is 26.4. The summed E-state index contributed by atoms with van der Waals surface area (Å²) in [6, 6.07) is -0.415. The van der Waals surface area contributed by atoms with Crippen molar-refractivity contribution in [1.29, 1.82) is 0 Å². The zero-order chi connectivity index (χ0) is 19.3. The SMILES string of the molecule is O=C(N[C@@H](CO)[C@@H]1C[C@@H](n2cc(CC3CCCCC3)nn2)CO1)C1=CNNN1.[HH].[HH]. The Morgan fingerprint density at radius 1 is 1.43 bits per heavy atom. The minimum absolute atomic E-state index is 0. The second kappa shape index (κ2) is 8.89. The van der Waals surface area contributed by atoms with Crippen LogP contribution in [0.1, 0.15) is 53.1 Å². The standard InChI is InChI=1S/C18H29N7O3.2H2/c26-10-16(20-18(27)15-8-19-23-22-15)17-7-14(11-28-17)25-9-13(21-24-25)6-12-4-2-1-3-5-12;;/h8-9,12,14,16-17,19,22-23,26H,1-7,10-11H2,(H,20,27);2*1H/t14-,16+,17+;;/m1../s1. The van der Waals surface area contributed by atoms with Crippen molar-refractivity contribution in [3.8, 4) is 0 Å². The number of hydrazine groups is 2. The van der Waals surface area contributed by atoms with Crippen molar-refractivity contribution in [2.45, 2.75) is 63.1 Å². The lowest BCUT2D eigenvalue weighted by molar-refractivity contribution is -0.120. The van der Waals surface area contributed by atoms with E-state index in [0.717, 1.165) is 18.0 Å². The number of carbonyl (C=O) groups is 1. The van der Waals surface area contributed by atoms with Crippen LogP contribution in [0.4, 0.5) is 0 Å². The van der Waals surface area contributed by atoms with Gasteiger partial charge in [0.05, 0.1) is 37.1 Å². The van der Waals surface area contributed by atoms with Gasteiger partial charge in [-0.25, -0.2) is 4.68 Å². The van der Waals surface area contributed by atoms with Crippen molar-refractivity contribution in [1.82, 2.24) is 36.7 Å². The van der Waals surface area contributed by atoms with Gasteiger partial charge in [0.2, 0.25) is 0 Å². The number of hydrogen-bond donors (Lipinski definition) is 5. The fourth-order valence-electron chi connectivity index (χ4n) is 4.25. The van der Waals surface area contributed by atoms with Crippen molar-refractivity contribution in [3.05, 3.63) is 23.8 Å². The van der Waals surface area contributed by atoms with Crippen LogP contribution in [0.25, 0.3) is 0 Å². The summed E-state index contributed by atoms with van der Waals surface area (Å²) in [4.78, 5) is 12.2. The number of carbonyl (C=O) groups excluding carboxylic acids is 1. The Hall–Kier alpha value is -2.17. The Bertz CT molecular complexity index is 712. The fraction of sp³-hybridized carbons (Fsp3) is 0.722. The summed E-state index contributed by atoms with van der Waals surface area (Å²) < 4.78 is 7.74. The molecule has 2 aliphatic heterocycles. The quantitative estimate of drug-likeness (QED) is 0.442. The minimum atomic E-state index is -0.481. The molecule has 3 heterocycles. The molecule has 10 nitrogen and oxygen atoms in total. The van der Waals surface area contributed by atoms with E-state index in [4.69, 9.17) is 4.74 Å². The molecule has 3 aliphatic rings. The maximum Gasteiger partial charge on any atom is 0.270 e. The lowest BCUT2D eigenvalue weighted by Gasteiger charge is -2.22. The molecule has 3 atom stereocenters. The summed E-state index contributed by atoms with van der Waals surface area (Å²) in [5.74, 6) is 0.419. The van der Waals surface area contributed by atoms with Gasteiger partial charge < -0.3 is 20.6 Å². The monoisotopic (exact) mass is 395 g/mol. The van der Waals surface area contributed by atoms with Crippen LogP contribution in [-0.2, 0) is 16.0 Å². The fourth-order valence-corrected chi connectivity index (χ4v) is 4.25. The van der Waals surface area contributed by atoms with Crippen molar-refractivity contribution < 1.29 is 17.5 Å². The highest BCUT2D eigenvalue weighted by Gasteiger charge is 2.34. The van der Waals surface area contributed by atoms with Crippen molar-refractivity contribution >= 4 is 5.91 Å². The summed E-state index contributed by atoms with van der Waals surface area (Å²) in [7, 11) is 0. The van der Waals surface area contributed by atoms with E-state index in [0.29, 0.717) is 18.7 Å². The first-order valence-electron chi connectivity index (χ1n) is 10.1. The molecule has 1 aliphatic carbocycles. The van der Waals surface area contributed by atoms with E-state index < -0.39 is 6.04 Å². The van der Waals surface area contributed by atoms with Crippen LogP contribution < -0.4 is 21.7 Å². The average Bonchev–Trinajstić information content (AvgIpc) is 3.48. The van der Waals surface area contributed by atoms with Gasteiger partial charge in [-0.2, -0.15) is 5.53 Å². The highest BCUT2D eigenvalue weighted by atomic mass is 16.5. The molecule has 10 heteroatoms. The van der Waals surface area contributed by atoms with Crippen molar-refractivity contribution in [3.63, 3.8) is 0 Å². The smallest absolute Gasteiger partial charge is 0.270 e. The third-order valence-electron chi connectivity index (χ3n) is 5.85. The first-order valence-corrected chi connectivity index (χ1v) is 10.1. The van der Waals surface area contributed by atoms with Crippen LogP contribution in [0.2, 0.25) is 0 Å². The van der Waals surface area contributed by atoms with Crippen molar-refractivity contribution in [2.75, 3.05) is 13.2 Å². The third-order valence-corrected chi connectivity index (χ3v) is 5.85. The first-order chi connectivity index (χ1) is 13.7. The molecule has 0 aromatic carbocycles. The molecule has 1 saturated carbocycles. The number of hydrogen-bond acceptors (Lipinski definition) is 8. The first kappa shape index (κ1) is 19.2. The van der Waals surface area contributed by atoms with Crippen LogP contribution in [0.3, 0.4) is 0 Å². The second-order valence-electron chi connectivity index (χ2n) is 7.87. The molecule has 28 heavy (non-hydrogen) atoms. The predicted octanol–water partition coefficient (Wildman–Crippen LogP) is 0.154. The summed E-state index contributed by atoms with van der Waals surface area (Å²) in [6.07, 6.45) is 11.5. The third kappa shape index (κ3) is 4.45. The summed E-state index contributed by atoms with van der Waals surface area (Å²) in [5, 5.41) is 21.2. The maximum absolute atomic E-state index is 12.2. The molecule has 0 unspecified atom stereocenters. The molecule has 4 rings (SSSR count). The molecule has 5 N–H and O–H groups in total. The Labute approximate surface area is 167 Å². The molecule has 1 aromatic heterocycles. The average molecular weight is 396 g/mol. The number of nitrogens with one attached hydrogen (secondary N) is 4. The minimum Gasteiger partial charge on any atom is -0.394 e. The van der Waals surface area contributed by atoms with E-state index in [1.807, 2.05) is 10.9 Å². The largest absolute Gasteiger partial charge is 0.394 e. The molecule has 1 amide bonds. The zero-order valence-electron chi connectivity index (χ0n) is 15.9. The Balaban J connectivity index is 0.00000160. The van der Waals surface area contributed by atoms with E-state index in [9.17, 15) is 9.90 Å². The Morgan fingerprint density at radius 2 is 2.29 bits per heavy atom. The van der Waals surface area contributed by atoms with Gasteiger partial charge in [-0.3, -0.25) is 10.2 Å². The number of aliphatic hydroxyl groups is 1.